The lowest BCUT2D eigenvalue weighted by Gasteiger charge is -2.12. The van der Waals surface area contributed by atoms with E-state index in [-0.39, 0.29) is 28.7 Å². The summed E-state index contributed by atoms with van der Waals surface area (Å²) in [5.74, 6) is 0.783. The van der Waals surface area contributed by atoms with Crippen LogP contribution in [0.4, 0.5) is 5.69 Å². The van der Waals surface area contributed by atoms with Gasteiger partial charge in [-0.05, 0) is 37.0 Å². The lowest BCUT2D eigenvalue weighted by molar-refractivity contribution is 0.0952. The molecule has 0 radical (unpaired) electrons. The average molecular weight is 396 g/mol. The smallest absolute Gasteiger partial charge is 0.251 e. The van der Waals surface area contributed by atoms with Crippen molar-refractivity contribution in [2.24, 2.45) is 10.9 Å². The number of rotatable bonds is 5. The second-order valence-electron chi connectivity index (χ2n) is 7.33. The SMILES string of the molecule is Cc1ccc(C(=O)NCCC(C)C)cc1NC1=N[C@@H]2CS(=O)(=O)C[C@H]2S1. The molecule has 1 amide bonds. The maximum Gasteiger partial charge on any atom is 0.251 e. The summed E-state index contributed by atoms with van der Waals surface area (Å²) in [5, 5.41) is 6.95. The number of aliphatic imine (C=N–C) groups is 1. The van der Waals surface area contributed by atoms with E-state index in [0.29, 0.717) is 18.0 Å². The summed E-state index contributed by atoms with van der Waals surface area (Å²) in [4.78, 5) is 16.8. The predicted octanol–water partition coefficient (Wildman–Crippen LogP) is 2.45. The Morgan fingerprint density at radius 2 is 2.12 bits per heavy atom. The van der Waals surface area contributed by atoms with Gasteiger partial charge in [0, 0.05) is 23.0 Å². The molecule has 2 heterocycles. The Labute approximate surface area is 159 Å². The number of anilines is 1. The van der Waals surface area contributed by atoms with Crippen LogP contribution in [-0.4, -0.2) is 48.8 Å². The molecule has 2 aliphatic heterocycles. The summed E-state index contributed by atoms with van der Waals surface area (Å²) in [6.07, 6.45) is 0.946. The third kappa shape index (κ3) is 4.59. The van der Waals surface area contributed by atoms with Crippen molar-refractivity contribution in [3.8, 4) is 0 Å². The summed E-state index contributed by atoms with van der Waals surface area (Å²) in [6.45, 7) is 6.88. The molecule has 1 fully saturated rings. The van der Waals surface area contributed by atoms with E-state index >= 15 is 0 Å². The third-order valence-corrected chi connectivity index (χ3v) is 7.71. The molecule has 8 heteroatoms. The zero-order valence-corrected chi connectivity index (χ0v) is 16.9. The molecule has 0 spiro atoms. The maximum absolute atomic E-state index is 12.3. The van der Waals surface area contributed by atoms with E-state index < -0.39 is 9.84 Å². The number of hydrogen-bond acceptors (Lipinski definition) is 6. The van der Waals surface area contributed by atoms with Crippen molar-refractivity contribution in [3.05, 3.63) is 29.3 Å². The monoisotopic (exact) mass is 395 g/mol. The number of amides is 1. The summed E-state index contributed by atoms with van der Waals surface area (Å²) >= 11 is 1.48. The fourth-order valence-corrected chi connectivity index (χ4v) is 6.67. The van der Waals surface area contributed by atoms with Gasteiger partial charge in [0.05, 0.1) is 17.5 Å². The topological polar surface area (TPSA) is 87.6 Å². The van der Waals surface area contributed by atoms with Crippen molar-refractivity contribution in [3.63, 3.8) is 0 Å². The van der Waals surface area contributed by atoms with E-state index in [9.17, 15) is 13.2 Å². The molecule has 0 aliphatic carbocycles. The van der Waals surface area contributed by atoms with Gasteiger partial charge < -0.3 is 10.6 Å². The Hall–Kier alpha value is -1.54. The number of nitrogens with zero attached hydrogens (tertiary/aromatic N) is 1. The minimum absolute atomic E-state index is 0.00493. The van der Waals surface area contributed by atoms with E-state index in [2.05, 4.69) is 29.5 Å². The van der Waals surface area contributed by atoms with Gasteiger partial charge in [0.25, 0.3) is 5.91 Å². The highest BCUT2D eigenvalue weighted by Gasteiger charge is 2.42. The lowest BCUT2D eigenvalue weighted by atomic mass is 10.1. The highest BCUT2D eigenvalue weighted by Crippen LogP contribution is 2.35. The number of fused-ring (bicyclic) bond motifs is 1. The molecule has 1 aromatic rings. The van der Waals surface area contributed by atoms with Crippen LogP contribution >= 0.6 is 11.8 Å². The molecule has 3 rings (SSSR count). The lowest BCUT2D eigenvalue weighted by Crippen LogP contribution is -2.25. The van der Waals surface area contributed by atoms with Gasteiger partial charge in [-0.1, -0.05) is 31.7 Å². The van der Waals surface area contributed by atoms with Crippen LogP contribution in [0.3, 0.4) is 0 Å². The van der Waals surface area contributed by atoms with Crippen LogP contribution in [0.1, 0.15) is 36.2 Å². The van der Waals surface area contributed by atoms with Gasteiger partial charge in [0.1, 0.15) is 0 Å². The van der Waals surface area contributed by atoms with Gasteiger partial charge >= 0.3 is 0 Å². The number of amidine groups is 1. The molecule has 2 aliphatic rings. The Kier molecular flexibility index (Phi) is 5.62. The van der Waals surface area contributed by atoms with Crippen molar-refractivity contribution in [1.29, 1.82) is 0 Å². The van der Waals surface area contributed by atoms with Crippen LogP contribution in [0.2, 0.25) is 0 Å². The molecular formula is C18H25N3O3S2. The number of aryl methyl sites for hydroxylation is 1. The number of thioether (sulfide) groups is 1. The second-order valence-corrected chi connectivity index (χ2v) is 10.7. The molecule has 0 unspecified atom stereocenters. The van der Waals surface area contributed by atoms with Crippen molar-refractivity contribution in [1.82, 2.24) is 5.32 Å². The van der Waals surface area contributed by atoms with Gasteiger partial charge in [0.2, 0.25) is 0 Å². The van der Waals surface area contributed by atoms with E-state index in [1.54, 1.807) is 0 Å². The van der Waals surface area contributed by atoms with Gasteiger partial charge in [0.15, 0.2) is 15.0 Å². The molecule has 26 heavy (non-hydrogen) atoms. The molecule has 1 saturated heterocycles. The Balaban J connectivity index is 1.66. The highest BCUT2D eigenvalue weighted by molar-refractivity contribution is 8.15. The number of nitrogens with one attached hydrogen (secondary N) is 2. The van der Waals surface area contributed by atoms with Crippen molar-refractivity contribution >= 4 is 38.4 Å². The fourth-order valence-electron chi connectivity index (χ4n) is 3.01. The summed E-state index contributed by atoms with van der Waals surface area (Å²) in [7, 11) is -2.95. The third-order valence-electron chi connectivity index (χ3n) is 4.57. The number of carbonyl (C=O) groups excluding carboxylic acids is 1. The molecule has 6 nitrogen and oxygen atoms in total. The largest absolute Gasteiger partial charge is 0.352 e. The zero-order chi connectivity index (χ0) is 18.9. The summed E-state index contributed by atoms with van der Waals surface area (Å²) < 4.78 is 23.3. The van der Waals surface area contributed by atoms with Crippen molar-refractivity contribution in [2.45, 2.75) is 38.5 Å². The van der Waals surface area contributed by atoms with Crippen LogP contribution < -0.4 is 10.6 Å². The molecular weight excluding hydrogens is 370 g/mol. The first kappa shape index (κ1) is 19.2. The molecule has 142 valence electrons. The predicted molar refractivity (Wildman–Crippen MR) is 108 cm³/mol. The molecule has 1 aromatic carbocycles. The first-order valence-electron chi connectivity index (χ1n) is 8.84. The number of sulfone groups is 1. The fraction of sp³-hybridized carbons (Fsp3) is 0.556. The Bertz CT molecular complexity index is 834. The Morgan fingerprint density at radius 3 is 2.81 bits per heavy atom. The Morgan fingerprint density at radius 1 is 1.35 bits per heavy atom. The van der Waals surface area contributed by atoms with Crippen LogP contribution in [0.25, 0.3) is 0 Å². The molecule has 2 N–H and O–H groups in total. The first-order chi connectivity index (χ1) is 12.2. The summed E-state index contributed by atoms with van der Waals surface area (Å²) in [5.41, 5.74) is 2.44. The number of benzene rings is 1. The van der Waals surface area contributed by atoms with Gasteiger partial charge in [-0.2, -0.15) is 0 Å². The zero-order valence-electron chi connectivity index (χ0n) is 15.3. The second kappa shape index (κ2) is 7.60. The average Bonchev–Trinajstić information content (AvgIpc) is 3.01. The van der Waals surface area contributed by atoms with E-state index in [0.717, 1.165) is 22.8 Å². The van der Waals surface area contributed by atoms with Crippen LogP contribution in [-0.2, 0) is 9.84 Å². The molecule has 0 saturated carbocycles. The number of hydrogen-bond donors (Lipinski definition) is 2. The maximum atomic E-state index is 12.3. The van der Waals surface area contributed by atoms with Crippen molar-refractivity contribution in [2.75, 3.05) is 23.4 Å². The van der Waals surface area contributed by atoms with Gasteiger partial charge in [-0.3, -0.25) is 9.79 Å². The van der Waals surface area contributed by atoms with Gasteiger partial charge in [-0.15, -0.1) is 0 Å². The highest BCUT2D eigenvalue weighted by atomic mass is 32.2. The molecule has 0 aromatic heterocycles. The van der Waals surface area contributed by atoms with Crippen molar-refractivity contribution < 1.29 is 13.2 Å². The number of carbonyl (C=O) groups is 1. The van der Waals surface area contributed by atoms with E-state index in [4.69, 9.17) is 0 Å². The van der Waals surface area contributed by atoms with Crippen LogP contribution in [0, 0.1) is 12.8 Å². The molecule has 0 bridgehead atoms. The van der Waals surface area contributed by atoms with Crippen LogP contribution in [0.15, 0.2) is 23.2 Å². The van der Waals surface area contributed by atoms with E-state index in [1.165, 1.54) is 11.8 Å². The quantitative estimate of drug-likeness (QED) is 0.800. The van der Waals surface area contributed by atoms with Crippen LogP contribution in [0.5, 0.6) is 0 Å². The minimum Gasteiger partial charge on any atom is -0.352 e. The molecule has 2 atom stereocenters. The normalized spacial score (nSPS) is 23.6. The standard InChI is InChI=1S/C18H25N3O3S2/c1-11(2)6-7-19-17(22)13-5-4-12(3)14(8-13)20-18-21-15-9-26(23,24)10-16(15)25-18/h4-5,8,11,15-16H,6-7,9-10H2,1-3H3,(H,19,22)(H,20,21)/t15-,16-/m1/s1. The minimum atomic E-state index is -2.95. The van der Waals surface area contributed by atoms with Gasteiger partial charge in [-0.25, -0.2) is 8.42 Å². The van der Waals surface area contributed by atoms with E-state index in [1.807, 2.05) is 25.1 Å². The first-order valence-corrected chi connectivity index (χ1v) is 11.5. The summed E-state index contributed by atoms with van der Waals surface area (Å²) in [6, 6.07) is 5.39.